The van der Waals surface area contributed by atoms with E-state index in [0.717, 1.165) is 48.0 Å². The highest BCUT2D eigenvalue weighted by molar-refractivity contribution is 14.1. The summed E-state index contributed by atoms with van der Waals surface area (Å²) < 4.78 is 0.958. The minimum atomic E-state index is -0.0679. The van der Waals surface area contributed by atoms with Crippen molar-refractivity contribution in [3.8, 4) is 5.75 Å². The van der Waals surface area contributed by atoms with Crippen LogP contribution in [-0.2, 0) is 0 Å². The zero-order valence-electron chi connectivity index (χ0n) is 11.2. The topological polar surface area (TPSA) is 43.8 Å². The third-order valence-corrected chi connectivity index (χ3v) is 4.49. The van der Waals surface area contributed by atoms with Gasteiger partial charge >= 0.3 is 0 Å². The van der Waals surface area contributed by atoms with Gasteiger partial charge in [-0.2, -0.15) is 0 Å². The summed E-state index contributed by atoms with van der Waals surface area (Å²) in [4.78, 5) is 16.7. The number of phenols is 1. The summed E-state index contributed by atoms with van der Waals surface area (Å²) in [6.07, 6.45) is 0.976. The van der Waals surface area contributed by atoms with Crippen LogP contribution in [0.5, 0.6) is 5.75 Å². The number of hydrogen-bond donors (Lipinski definition) is 1. The number of amides is 1. The molecule has 1 saturated heterocycles. The second-order valence-corrected chi connectivity index (χ2v) is 6.88. The SMILES string of the molecule is O=C(c1cc(I)ccc1O)N1CCCN(CCBr)CC1. The number of rotatable bonds is 3. The van der Waals surface area contributed by atoms with Gasteiger partial charge in [0, 0.05) is 35.1 Å². The first kappa shape index (κ1) is 16.0. The van der Waals surface area contributed by atoms with Gasteiger partial charge in [-0.1, -0.05) is 15.9 Å². The molecular formula is C14H18BrIN2O2. The van der Waals surface area contributed by atoms with Gasteiger partial charge in [0.25, 0.3) is 5.91 Å². The number of halogens is 2. The standard InChI is InChI=1S/C14H18BrIN2O2/c15-4-7-17-5-1-6-18(9-8-17)14(20)12-10-11(16)2-3-13(12)19/h2-3,10,19H,1,4-9H2. The Morgan fingerprint density at radius 1 is 1.30 bits per heavy atom. The molecule has 4 nitrogen and oxygen atoms in total. The second kappa shape index (κ2) is 7.61. The fourth-order valence-electron chi connectivity index (χ4n) is 2.37. The number of carbonyl (C=O) groups excluding carboxylic acids is 1. The molecule has 1 aromatic rings. The number of carbonyl (C=O) groups is 1. The van der Waals surface area contributed by atoms with Crippen LogP contribution in [0.3, 0.4) is 0 Å². The molecule has 1 heterocycles. The molecule has 1 aliphatic rings. The van der Waals surface area contributed by atoms with E-state index < -0.39 is 0 Å². The molecule has 20 heavy (non-hydrogen) atoms. The largest absolute Gasteiger partial charge is 0.507 e. The van der Waals surface area contributed by atoms with Crippen molar-refractivity contribution >= 4 is 44.4 Å². The quantitative estimate of drug-likeness (QED) is 0.566. The maximum Gasteiger partial charge on any atom is 0.257 e. The van der Waals surface area contributed by atoms with Gasteiger partial charge in [-0.3, -0.25) is 4.79 Å². The first-order valence-corrected chi connectivity index (χ1v) is 8.88. The molecule has 1 aliphatic heterocycles. The molecule has 0 saturated carbocycles. The average molecular weight is 453 g/mol. The van der Waals surface area contributed by atoms with Crippen LogP contribution in [0.4, 0.5) is 0 Å². The van der Waals surface area contributed by atoms with E-state index in [1.54, 1.807) is 18.2 Å². The summed E-state index contributed by atoms with van der Waals surface area (Å²) in [6.45, 7) is 4.39. The van der Waals surface area contributed by atoms with Crippen molar-refractivity contribution in [1.82, 2.24) is 9.80 Å². The maximum absolute atomic E-state index is 12.5. The summed E-state index contributed by atoms with van der Waals surface area (Å²) in [5.41, 5.74) is 0.408. The van der Waals surface area contributed by atoms with E-state index in [0.29, 0.717) is 5.56 Å². The Hall–Kier alpha value is -0.340. The van der Waals surface area contributed by atoms with Crippen LogP contribution in [0.25, 0.3) is 0 Å². The van der Waals surface area contributed by atoms with Crippen molar-refractivity contribution in [2.75, 3.05) is 38.1 Å². The Balaban J connectivity index is 2.07. The number of benzene rings is 1. The molecule has 0 spiro atoms. The van der Waals surface area contributed by atoms with E-state index in [4.69, 9.17) is 0 Å². The molecule has 0 aliphatic carbocycles. The predicted octanol–water partition coefficient (Wildman–Crippen LogP) is 2.54. The zero-order valence-corrected chi connectivity index (χ0v) is 14.9. The predicted molar refractivity (Wildman–Crippen MR) is 91.6 cm³/mol. The van der Waals surface area contributed by atoms with Crippen molar-refractivity contribution in [1.29, 1.82) is 0 Å². The molecule has 0 atom stereocenters. The smallest absolute Gasteiger partial charge is 0.257 e. The van der Waals surface area contributed by atoms with Gasteiger partial charge < -0.3 is 14.9 Å². The molecule has 1 N–H and O–H groups in total. The number of nitrogens with zero attached hydrogens (tertiary/aromatic N) is 2. The van der Waals surface area contributed by atoms with Crippen LogP contribution < -0.4 is 0 Å². The lowest BCUT2D eigenvalue weighted by Gasteiger charge is -2.22. The van der Waals surface area contributed by atoms with Crippen LogP contribution in [0.2, 0.25) is 0 Å². The molecule has 0 unspecified atom stereocenters. The maximum atomic E-state index is 12.5. The lowest BCUT2D eigenvalue weighted by molar-refractivity contribution is 0.0758. The van der Waals surface area contributed by atoms with E-state index in [9.17, 15) is 9.90 Å². The van der Waals surface area contributed by atoms with Crippen molar-refractivity contribution in [3.63, 3.8) is 0 Å². The van der Waals surface area contributed by atoms with Gasteiger partial charge in [0.1, 0.15) is 5.75 Å². The third kappa shape index (κ3) is 4.08. The average Bonchev–Trinajstić information content (AvgIpc) is 2.67. The minimum Gasteiger partial charge on any atom is -0.507 e. The summed E-state index contributed by atoms with van der Waals surface area (Å²) in [5.74, 6) is -0.00122. The highest BCUT2D eigenvalue weighted by Gasteiger charge is 2.22. The van der Waals surface area contributed by atoms with Gasteiger partial charge in [0.2, 0.25) is 0 Å². The fraction of sp³-hybridized carbons (Fsp3) is 0.500. The number of aromatic hydroxyl groups is 1. The van der Waals surface area contributed by atoms with E-state index in [1.807, 2.05) is 4.90 Å². The Kier molecular flexibility index (Phi) is 6.10. The van der Waals surface area contributed by atoms with Crippen LogP contribution in [0.1, 0.15) is 16.8 Å². The van der Waals surface area contributed by atoms with Crippen LogP contribution in [-0.4, -0.2) is 58.9 Å². The van der Waals surface area contributed by atoms with E-state index in [2.05, 4.69) is 43.4 Å². The molecule has 0 radical (unpaired) electrons. The summed E-state index contributed by atoms with van der Waals surface area (Å²) in [6, 6.07) is 5.14. The summed E-state index contributed by atoms with van der Waals surface area (Å²) >= 11 is 5.61. The molecular weight excluding hydrogens is 435 g/mol. The van der Waals surface area contributed by atoms with Crippen LogP contribution in [0.15, 0.2) is 18.2 Å². The van der Waals surface area contributed by atoms with Gasteiger partial charge in [0.05, 0.1) is 5.56 Å². The number of alkyl halides is 1. The summed E-state index contributed by atoms with van der Waals surface area (Å²) in [7, 11) is 0. The van der Waals surface area contributed by atoms with E-state index in [-0.39, 0.29) is 11.7 Å². The lowest BCUT2D eigenvalue weighted by Crippen LogP contribution is -2.35. The van der Waals surface area contributed by atoms with Crippen LogP contribution in [0, 0.1) is 3.57 Å². The molecule has 0 aromatic heterocycles. The van der Waals surface area contributed by atoms with E-state index >= 15 is 0 Å². The van der Waals surface area contributed by atoms with Gasteiger partial charge in [-0.05, 0) is 53.8 Å². The van der Waals surface area contributed by atoms with Crippen molar-refractivity contribution < 1.29 is 9.90 Å². The van der Waals surface area contributed by atoms with Gasteiger partial charge in [0.15, 0.2) is 0 Å². The first-order chi connectivity index (χ1) is 9.61. The normalized spacial score (nSPS) is 17.0. The minimum absolute atomic E-state index is 0.0666. The van der Waals surface area contributed by atoms with E-state index in [1.165, 1.54) is 0 Å². The molecule has 1 amide bonds. The fourth-order valence-corrected chi connectivity index (χ4v) is 3.36. The Bertz CT molecular complexity index is 484. The molecule has 2 rings (SSSR count). The number of phenolic OH excluding ortho intramolecular Hbond substituents is 1. The van der Waals surface area contributed by atoms with Gasteiger partial charge in [-0.25, -0.2) is 0 Å². The molecule has 0 bridgehead atoms. The second-order valence-electron chi connectivity index (χ2n) is 4.84. The molecule has 6 heteroatoms. The Labute approximate surface area is 141 Å². The summed E-state index contributed by atoms with van der Waals surface area (Å²) in [5, 5.41) is 10.8. The van der Waals surface area contributed by atoms with Crippen molar-refractivity contribution in [2.24, 2.45) is 0 Å². The Morgan fingerprint density at radius 3 is 2.85 bits per heavy atom. The first-order valence-electron chi connectivity index (χ1n) is 6.68. The molecule has 1 aromatic carbocycles. The molecule has 1 fully saturated rings. The molecule has 110 valence electrons. The van der Waals surface area contributed by atoms with Crippen molar-refractivity contribution in [3.05, 3.63) is 27.3 Å². The number of hydrogen-bond acceptors (Lipinski definition) is 3. The lowest BCUT2D eigenvalue weighted by atomic mass is 10.1. The van der Waals surface area contributed by atoms with Crippen LogP contribution >= 0.6 is 38.5 Å². The third-order valence-electron chi connectivity index (χ3n) is 3.47. The van der Waals surface area contributed by atoms with Gasteiger partial charge in [-0.15, -0.1) is 0 Å². The monoisotopic (exact) mass is 452 g/mol. The Morgan fingerprint density at radius 2 is 2.10 bits per heavy atom. The highest BCUT2D eigenvalue weighted by Crippen LogP contribution is 2.22. The highest BCUT2D eigenvalue weighted by atomic mass is 127. The van der Waals surface area contributed by atoms with Crippen molar-refractivity contribution in [2.45, 2.75) is 6.42 Å². The zero-order chi connectivity index (χ0) is 14.5.